The van der Waals surface area contributed by atoms with Crippen LogP contribution in [0, 0.1) is 0 Å². The first-order valence-corrected chi connectivity index (χ1v) is 7.81. The number of carbonyl (C=O) groups is 1. The summed E-state index contributed by atoms with van der Waals surface area (Å²) in [6.45, 7) is 0.718. The molecule has 0 atom stereocenters. The van der Waals surface area contributed by atoms with Gasteiger partial charge in [0.05, 0.1) is 13.1 Å². The number of aliphatic hydroxyl groups is 1. The number of β-amino-alcohol motifs (C(OH)–C–C–N with tert-alkyl or cyclic N) is 1. The third-order valence-electron chi connectivity index (χ3n) is 3.74. The zero-order chi connectivity index (χ0) is 15.6. The van der Waals surface area contributed by atoms with E-state index in [1.165, 1.54) is 4.90 Å². The summed E-state index contributed by atoms with van der Waals surface area (Å²) in [7, 11) is 0. The molecule has 1 aliphatic rings. The molecule has 114 valence electrons. The van der Waals surface area contributed by atoms with E-state index < -0.39 is 11.7 Å². The van der Waals surface area contributed by atoms with Crippen molar-refractivity contribution in [2.24, 2.45) is 0 Å². The lowest BCUT2D eigenvalue weighted by atomic mass is 9.86. The van der Waals surface area contributed by atoms with Crippen LogP contribution >= 0.6 is 15.9 Å². The van der Waals surface area contributed by atoms with E-state index in [0.717, 1.165) is 15.6 Å². The molecule has 0 bridgehead atoms. The Morgan fingerprint density at radius 1 is 1.14 bits per heavy atom. The smallest absolute Gasteiger partial charge is 0.410 e. The molecule has 4 nitrogen and oxygen atoms in total. The first-order chi connectivity index (χ1) is 10.6. The van der Waals surface area contributed by atoms with Gasteiger partial charge in [-0.05, 0) is 11.6 Å². The number of hydrogen-bond donors (Lipinski definition) is 1. The normalized spacial score (nSPS) is 16.0. The number of benzene rings is 2. The monoisotopic (exact) mass is 361 g/mol. The molecule has 2 aromatic rings. The van der Waals surface area contributed by atoms with E-state index in [0.29, 0.717) is 0 Å². The zero-order valence-electron chi connectivity index (χ0n) is 11.9. The third kappa shape index (κ3) is 3.00. The van der Waals surface area contributed by atoms with Gasteiger partial charge < -0.3 is 14.7 Å². The Morgan fingerprint density at radius 3 is 2.45 bits per heavy atom. The van der Waals surface area contributed by atoms with Crippen LogP contribution in [-0.2, 0) is 16.9 Å². The second-order valence-electron chi connectivity index (χ2n) is 5.41. The first kappa shape index (κ1) is 15.1. The summed E-state index contributed by atoms with van der Waals surface area (Å²) in [4.78, 5) is 13.5. The lowest BCUT2D eigenvalue weighted by molar-refractivity contribution is -0.0953. The van der Waals surface area contributed by atoms with Crippen molar-refractivity contribution in [2.45, 2.75) is 12.2 Å². The Labute approximate surface area is 137 Å². The molecular weight excluding hydrogens is 346 g/mol. The van der Waals surface area contributed by atoms with Crippen molar-refractivity contribution >= 4 is 22.0 Å². The molecule has 1 aliphatic heterocycles. The van der Waals surface area contributed by atoms with E-state index in [-0.39, 0.29) is 19.7 Å². The summed E-state index contributed by atoms with van der Waals surface area (Å²) in [6.07, 6.45) is -0.402. The van der Waals surface area contributed by atoms with E-state index >= 15 is 0 Å². The van der Waals surface area contributed by atoms with E-state index in [1.807, 2.05) is 54.6 Å². The van der Waals surface area contributed by atoms with Crippen molar-refractivity contribution in [3.63, 3.8) is 0 Å². The maximum Gasteiger partial charge on any atom is 0.410 e. The van der Waals surface area contributed by atoms with Gasteiger partial charge in [-0.25, -0.2) is 4.79 Å². The fourth-order valence-corrected chi connectivity index (χ4v) is 3.19. The molecule has 1 heterocycles. The number of carbonyl (C=O) groups excluding carboxylic acids is 1. The number of amides is 1. The minimum absolute atomic E-state index is 0.239. The van der Waals surface area contributed by atoms with Gasteiger partial charge in [-0.3, -0.25) is 0 Å². The maximum absolute atomic E-state index is 12.0. The van der Waals surface area contributed by atoms with Crippen molar-refractivity contribution < 1.29 is 14.6 Å². The van der Waals surface area contributed by atoms with Crippen LogP contribution in [0.15, 0.2) is 59.1 Å². The first-order valence-electron chi connectivity index (χ1n) is 7.01. The van der Waals surface area contributed by atoms with E-state index in [1.54, 1.807) is 0 Å². The van der Waals surface area contributed by atoms with Crippen molar-refractivity contribution in [3.8, 4) is 0 Å². The molecule has 1 amide bonds. The minimum atomic E-state index is -1.01. The predicted octanol–water partition coefficient (Wildman–Crippen LogP) is 3.29. The summed E-state index contributed by atoms with van der Waals surface area (Å²) in [5.41, 5.74) is 0.728. The highest BCUT2D eigenvalue weighted by molar-refractivity contribution is 9.10. The summed E-state index contributed by atoms with van der Waals surface area (Å²) in [6, 6.07) is 17.0. The van der Waals surface area contributed by atoms with E-state index in [4.69, 9.17) is 4.74 Å². The van der Waals surface area contributed by atoms with Crippen LogP contribution in [0.2, 0.25) is 0 Å². The number of halogens is 1. The quantitative estimate of drug-likeness (QED) is 0.912. The van der Waals surface area contributed by atoms with Gasteiger partial charge in [-0.1, -0.05) is 64.5 Å². The molecule has 2 aromatic carbocycles. The topological polar surface area (TPSA) is 49.8 Å². The standard InChI is InChI=1S/C17H16BrNO3/c18-15-9-5-4-8-14(15)17(21)11-19(12-17)16(20)22-10-13-6-2-1-3-7-13/h1-9,21H,10-12H2. The Balaban J connectivity index is 1.56. The highest BCUT2D eigenvalue weighted by Crippen LogP contribution is 2.36. The van der Waals surface area contributed by atoms with Gasteiger partial charge in [0.2, 0.25) is 0 Å². The van der Waals surface area contributed by atoms with Crippen molar-refractivity contribution in [2.75, 3.05) is 13.1 Å². The van der Waals surface area contributed by atoms with Crippen LogP contribution in [0.1, 0.15) is 11.1 Å². The molecule has 1 N–H and O–H groups in total. The molecular formula is C17H16BrNO3. The fraction of sp³-hybridized carbons (Fsp3) is 0.235. The summed E-state index contributed by atoms with van der Waals surface area (Å²) in [5, 5.41) is 10.6. The lowest BCUT2D eigenvalue weighted by Gasteiger charge is -2.46. The van der Waals surface area contributed by atoms with E-state index in [2.05, 4.69) is 15.9 Å². The number of ether oxygens (including phenoxy) is 1. The Hall–Kier alpha value is -1.85. The summed E-state index contributed by atoms with van der Waals surface area (Å²) < 4.78 is 6.10. The molecule has 0 aliphatic carbocycles. The van der Waals surface area contributed by atoms with Crippen LogP contribution in [-0.4, -0.2) is 29.2 Å². The fourth-order valence-electron chi connectivity index (χ4n) is 2.53. The molecule has 0 unspecified atom stereocenters. The molecule has 0 radical (unpaired) electrons. The molecule has 3 rings (SSSR count). The number of nitrogens with zero attached hydrogens (tertiary/aromatic N) is 1. The lowest BCUT2D eigenvalue weighted by Crippen LogP contribution is -2.61. The average molecular weight is 362 g/mol. The largest absolute Gasteiger partial charge is 0.445 e. The van der Waals surface area contributed by atoms with Crippen LogP contribution < -0.4 is 0 Å². The summed E-state index contributed by atoms with van der Waals surface area (Å²) in [5.74, 6) is 0. The predicted molar refractivity (Wildman–Crippen MR) is 86.2 cm³/mol. The molecule has 1 saturated heterocycles. The third-order valence-corrected chi connectivity index (χ3v) is 4.43. The Bertz CT molecular complexity index is 669. The molecule has 0 spiro atoms. The molecule has 1 fully saturated rings. The Morgan fingerprint density at radius 2 is 1.77 bits per heavy atom. The van der Waals surface area contributed by atoms with Gasteiger partial charge in [-0.15, -0.1) is 0 Å². The zero-order valence-corrected chi connectivity index (χ0v) is 13.5. The van der Waals surface area contributed by atoms with E-state index in [9.17, 15) is 9.90 Å². The molecule has 0 saturated carbocycles. The second kappa shape index (κ2) is 6.10. The highest BCUT2D eigenvalue weighted by Gasteiger charge is 2.46. The van der Waals surface area contributed by atoms with Gasteiger partial charge >= 0.3 is 6.09 Å². The number of hydrogen-bond acceptors (Lipinski definition) is 3. The molecule has 5 heteroatoms. The SMILES string of the molecule is O=C(OCc1ccccc1)N1CC(O)(c2ccccc2Br)C1. The maximum atomic E-state index is 12.0. The molecule has 0 aromatic heterocycles. The van der Waals surface area contributed by atoms with Crippen LogP contribution in [0.4, 0.5) is 4.79 Å². The number of likely N-dealkylation sites (tertiary alicyclic amines) is 1. The van der Waals surface area contributed by atoms with Gasteiger partial charge in [0, 0.05) is 10.0 Å². The number of rotatable bonds is 3. The Kier molecular flexibility index (Phi) is 4.18. The van der Waals surface area contributed by atoms with Gasteiger partial charge in [-0.2, -0.15) is 0 Å². The highest BCUT2D eigenvalue weighted by atomic mass is 79.9. The summed E-state index contributed by atoms with van der Waals surface area (Å²) >= 11 is 3.43. The van der Waals surface area contributed by atoms with Crippen LogP contribution in [0.25, 0.3) is 0 Å². The van der Waals surface area contributed by atoms with Crippen molar-refractivity contribution in [1.29, 1.82) is 0 Å². The molecule has 22 heavy (non-hydrogen) atoms. The minimum Gasteiger partial charge on any atom is -0.445 e. The van der Waals surface area contributed by atoms with Crippen molar-refractivity contribution in [1.82, 2.24) is 4.90 Å². The van der Waals surface area contributed by atoms with Gasteiger partial charge in [0.15, 0.2) is 0 Å². The van der Waals surface area contributed by atoms with Gasteiger partial charge in [0.1, 0.15) is 12.2 Å². The average Bonchev–Trinajstić information content (AvgIpc) is 2.51. The van der Waals surface area contributed by atoms with Crippen molar-refractivity contribution in [3.05, 3.63) is 70.2 Å². The second-order valence-corrected chi connectivity index (χ2v) is 6.26. The van der Waals surface area contributed by atoms with Gasteiger partial charge in [0.25, 0.3) is 0 Å². The van der Waals surface area contributed by atoms with Crippen LogP contribution in [0.3, 0.4) is 0 Å². The van der Waals surface area contributed by atoms with Crippen LogP contribution in [0.5, 0.6) is 0 Å².